The van der Waals surface area contributed by atoms with Crippen LogP contribution in [0.1, 0.15) is 60.9 Å². The molecule has 0 aliphatic heterocycles. The Labute approximate surface area is 180 Å². The van der Waals surface area contributed by atoms with E-state index in [2.05, 4.69) is 41.3 Å². The molecule has 1 aromatic carbocycles. The van der Waals surface area contributed by atoms with Crippen LogP contribution in [-0.2, 0) is 24.1 Å². The molecule has 2 atom stereocenters. The SMILES string of the molecule is CC[C@@H](CNC(=O)CCc1nc2sc3c(c2c(=O)[nH]1)CC[C@H](C)C3)c1ccccc1. The number of hydrogen-bond acceptors (Lipinski definition) is 4. The van der Waals surface area contributed by atoms with Gasteiger partial charge in [-0.1, -0.05) is 44.2 Å². The first kappa shape index (κ1) is 20.8. The van der Waals surface area contributed by atoms with E-state index in [1.807, 2.05) is 18.2 Å². The summed E-state index contributed by atoms with van der Waals surface area (Å²) in [6.45, 7) is 5.02. The summed E-state index contributed by atoms with van der Waals surface area (Å²) in [7, 11) is 0. The second-order valence-electron chi connectivity index (χ2n) is 8.36. The predicted molar refractivity (Wildman–Crippen MR) is 122 cm³/mol. The van der Waals surface area contributed by atoms with Gasteiger partial charge in [0, 0.05) is 30.2 Å². The van der Waals surface area contributed by atoms with Gasteiger partial charge < -0.3 is 10.3 Å². The molecule has 3 aromatic rings. The molecule has 0 saturated carbocycles. The number of carbonyl (C=O) groups excluding carboxylic acids is 1. The lowest BCUT2D eigenvalue weighted by Crippen LogP contribution is -2.28. The van der Waals surface area contributed by atoms with Crippen molar-refractivity contribution < 1.29 is 4.79 Å². The van der Waals surface area contributed by atoms with Gasteiger partial charge in [-0.05, 0) is 42.7 Å². The average molecular weight is 424 g/mol. The zero-order chi connectivity index (χ0) is 21.1. The summed E-state index contributed by atoms with van der Waals surface area (Å²) in [6, 6.07) is 10.3. The monoisotopic (exact) mass is 423 g/mol. The fourth-order valence-corrected chi connectivity index (χ4v) is 5.69. The van der Waals surface area contributed by atoms with E-state index in [1.54, 1.807) is 11.3 Å². The minimum atomic E-state index is -0.0578. The number of nitrogens with zero attached hydrogens (tertiary/aromatic N) is 1. The largest absolute Gasteiger partial charge is 0.355 e. The van der Waals surface area contributed by atoms with Crippen LogP contribution >= 0.6 is 11.3 Å². The lowest BCUT2D eigenvalue weighted by Gasteiger charge is -2.17. The molecule has 0 spiro atoms. The highest BCUT2D eigenvalue weighted by Gasteiger charge is 2.23. The molecule has 1 aliphatic carbocycles. The van der Waals surface area contributed by atoms with Gasteiger partial charge in [0.05, 0.1) is 5.39 Å². The third-order valence-electron chi connectivity index (χ3n) is 6.11. The maximum Gasteiger partial charge on any atom is 0.259 e. The first-order valence-corrected chi connectivity index (χ1v) is 11.7. The number of nitrogens with one attached hydrogen (secondary N) is 2. The van der Waals surface area contributed by atoms with Crippen molar-refractivity contribution in [2.75, 3.05) is 6.54 Å². The molecule has 30 heavy (non-hydrogen) atoms. The van der Waals surface area contributed by atoms with E-state index >= 15 is 0 Å². The van der Waals surface area contributed by atoms with Gasteiger partial charge in [-0.3, -0.25) is 9.59 Å². The van der Waals surface area contributed by atoms with Crippen molar-refractivity contribution in [3.05, 3.63) is 62.5 Å². The molecule has 2 aromatic heterocycles. The minimum Gasteiger partial charge on any atom is -0.355 e. The lowest BCUT2D eigenvalue weighted by molar-refractivity contribution is -0.121. The molecule has 0 saturated heterocycles. The van der Waals surface area contributed by atoms with E-state index < -0.39 is 0 Å². The summed E-state index contributed by atoms with van der Waals surface area (Å²) in [5.74, 6) is 1.57. The maximum absolute atomic E-state index is 12.7. The molecule has 2 heterocycles. The Balaban J connectivity index is 1.39. The van der Waals surface area contributed by atoms with Crippen molar-refractivity contribution in [2.45, 2.75) is 58.3 Å². The van der Waals surface area contributed by atoms with E-state index in [9.17, 15) is 9.59 Å². The third-order valence-corrected chi connectivity index (χ3v) is 7.26. The molecule has 6 heteroatoms. The van der Waals surface area contributed by atoms with Crippen LogP contribution < -0.4 is 10.9 Å². The van der Waals surface area contributed by atoms with E-state index in [4.69, 9.17) is 0 Å². The molecule has 1 amide bonds. The van der Waals surface area contributed by atoms with E-state index in [0.29, 0.717) is 37.0 Å². The highest BCUT2D eigenvalue weighted by atomic mass is 32.1. The van der Waals surface area contributed by atoms with Gasteiger partial charge in [-0.15, -0.1) is 11.3 Å². The zero-order valence-electron chi connectivity index (χ0n) is 17.7. The molecular formula is C24H29N3O2S. The Bertz CT molecular complexity index is 1090. The lowest BCUT2D eigenvalue weighted by atomic mass is 9.89. The Morgan fingerprint density at radius 2 is 2.13 bits per heavy atom. The van der Waals surface area contributed by atoms with Gasteiger partial charge in [0.25, 0.3) is 5.56 Å². The van der Waals surface area contributed by atoms with Crippen molar-refractivity contribution in [1.29, 1.82) is 0 Å². The quantitative estimate of drug-likeness (QED) is 0.593. The summed E-state index contributed by atoms with van der Waals surface area (Å²) in [4.78, 5) is 34.8. The average Bonchev–Trinajstić information content (AvgIpc) is 3.11. The van der Waals surface area contributed by atoms with Crippen LogP contribution in [0.2, 0.25) is 0 Å². The number of thiophene rings is 1. The van der Waals surface area contributed by atoms with E-state index in [-0.39, 0.29) is 11.5 Å². The number of aromatic amines is 1. The Morgan fingerprint density at radius 3 is 2.90 bits per heavy atom. The van der Waals surface area contributed by atoms with Gasteiger partial charge in [0.2, 0.25) is 5.91 Å². The number of carbonyl (C=O) groups is 1. The van der Waals surface area contributed by atoms with Gasteiger partial charge in [0.1, 0.15) is 10.7 Å². The van der Waals surface area contributed by atoms with E-state index in [0.717, 1.165) is 35.9 Å². The molecule has 5 nitrogen and oxygen atoms in total. The molecule has 4 rings (SSSR count). The highest BCUT2D eigenvalue weighted by molar-refractivity contribution is 7.18. The van der Waals surface area contributed by atoms with Crippen LogP contribution in [0.15, 0.2) is 35.1 Å². The summed E-state index contributed by atoms with van der Waals surface area (Å²) in [5, 5.41) is 3.81. The fourth-order valence-electron chi connectivity index (χ4n) is 4.29. The molecule has 0 unspecified atom stereocenters. The molecule has 1 aliphatic rings. The summed E-state index contributed by atoms with van der Waals surface area (Å²) in [5.41, 5.74) is 2.38. The smallest absolute Gasteiger partial charge is 0.259 e. The molecule has 158 valence electrons. The number of fused-ring (bicyclic) bond motifs is 3. The molecule has 0 radical (unpaired) electrons. The topological polar surface area (TPSA) is 74.8 Å². The number of amides is 1. The van der Waals surface area contributed by atoms with Gasteiger partial charge in [-0.25, -0.2) is 4.98 Å². The second kappa shape index (κ2) is 9.13. The molecule has 0 bridgehead atoms. The number of benzene rings is 1. The highest BCUT2D eigenvalue weighted by Crippen LogP contribution is 2.35. The van der Waals surface area contributed by atoms with Crippen LogP contribution in [0.5, 0.6) is 0 Å². The van der Waals surface area contributed by atoms with E-state index in [1.165, 1.54) is 16.0 Å². The van der Waals surface area contributed by atoms with Crippen molar-refractivity contribution >= 4 is 27.5 Å². The molecular weight excluding hydrogens is 394 g/mol. The number of hydrogen-bond donors (Lipinski definition) is 2. The van der Waals surface area contributed by atoms with Gasteiger partial charge in [0.15, 0.2) is 0 Å². The fraction of sp³-hybridized carbons (Fsp3) is 0.458. The van der Waals surface area contributed by atoms with Crippen LogP contribution in [0, 0.1) is 5.92 Å². The zero-order valence-corrected chi connectivity index (χ0v) is 18.5. The van der Waals surface area contributed by atoms with Crippen molar-refractivity contribution in [1.82, 2.24) is 15.3 Å². The number of H-pyrrole nitrogens is 1. The van der Waals surface area contributed by atoms with Crippen LogP contribution in [0.25, 0.3) is 10.2 Å². The number of rotatable bonds is 7. The number of aryl methyl sites for hydroxylation is 2. The predicted octanol–water partition coefficient (Wildman–Crippen LogP) is 4.35. The van der Waals surface area contributed by atoms with Gasteiger partial charge >= 0.3 is 0 Å². The van der Waals surface area contributed by atoms with Gasteiger partial charge in [-0.2, -0.15) is 0 Å². The summed E-state index contributed by atoms with van der Waals surface area (Å²) >= 11 is 1.65. The third kappa shape index (κ3) is 4.48. The second-order valence-corrected chi connectivity index (χ2v) is 9.45. The van der Waals surface area contributed by atoms with Crippen LogP contribution in [0.3, 0.4) is 0 Å². The first-order chi connectivity index (χ1) is 14.5. The standard InChI is InChI=1S/C24H29N3O2S/c1-3-16(17-7-5-4-6-8-17)14-25-21(28)12-11-20-26-23(29)22-18-10-9-15(2)13-19(18)30-24(22)27-20/h4-8,15-16H,3,9-14H2,1-2H3,(H,25,28)(H,26,27,29)/t15-,16-/m0/s1. The Hall–Kier alpha value is -2.47. The van der Waals surface area contributed by atoms with Crippen molar-refractivity contribution in [3.8, 4) is 0 Å². The molecule has 2 N–H and O–H groups in total. The maximum atomic E-state index is 12.7. The minimum absolute atomic E-state index is 0.00794. The first-order valence-electron chi connectivity index (χ1n) is 10.9. The van der Waals surface area contributed by atoms with Crippen LogP contribution in [-0.4, -0.2) is 22.4 Å². The summed E-state index contributed by atoms with van der Waals surface area (Å²) in [6.07, 6.45) is 4.86. The van der Waals surface area contributed by atoms with Crippen LogP contribution in [0.4, 0.5) is 0 Å². The Kier molecular flexibility index (Phi) is 6.32. The Morgan fingerprint density at radius 1 is 1.33 bits per heavy atom. The summed E-state index contributed by atoms with van der Waals surface area (Å²) < 4.78 is 0. The van der Waals surface area contributed by atoms with Crippen molar-refractivity contribution in [2.24, 2.45) is 5.92 Å². The molecule has 0 fully saturated rings. The normalized spacial score (nSPS) is 16.9. The van der Waals surface area contributed by atoms with Crippen molar-refractivity contribution in [3.63, 3.8) is 0 Å². The number of aromatic nitrogens is 2.